The molecule has 4 nitrogen and oxygen atoms in total. The first-order valence-electron chi connectivity index (χ1n) is 6.74. The average molecular weight is 273 g/mol. The van der Waals surface area contributed by atoms with Crippen LogP contribution in [0.2, 0.25) is 0 Å². The monoisotopic (exact) mass is 273 g/mol. The van der Waals surface area contributed by atoms with Gasteiger partial charge >= 0.3 is 5.97 Å². The van der Waals surface area contributed by atoms with Gasteiger partial charge in [0.1, 0.15) is 0 Å². The number of rotatable bonds is 5. The summed E-state index contributed by atoms with van der Waals surface area (Å²) >= 11 is 0. The number of carbonyl (C=O) groups excluding carboxylic acids is 1. The van der Waals surface area contributed by atoms with Crippen LogP contribution in [-0.2, 0) is 4.79 Å². The molecule has 1 aromatic carbocycles. The van der Waals surface area contributed by atoms with Crippen molar-refractivity contribution in [3.05, 3.63) is 41.5 Å². The third kappa shape index (κ3) is 3.70. The molecule has 0 spiro atoms. The summed E-state index contributed by atoms with van der Waals surface area (Å²) in [6.45, 7) is 2.98. The van der Waals surface area contributed by atoms with E-state index in [1.165, 1.54) is 12.5 Å². The number of amides is 1. The predicted molar refractivity (Wildman–Crippen MR) is 77.3 cm³/mol. The van der Waals surface area contributed by atoms with Crippen molar-refractivity contribution in [3.63, 3.8) is 0 Å². The van der Waals surface area contributed by atoms with E-state index in [-0.39, 0.29) is 5.91 Å². The molecule has 0 heterocycles. The fourth-order valence-electron chi connectivity index (χ4n) is 2.25. The van der Waals surface area contributed by atoms with Gasteiger partial charge in [-0.15, -0.1) is 0 Å². The summed E-state index contributed by atoms with van der Waals surface area (Å²) in [6.07, 6.45) is 3.75. The Balaban J connectivity index is 2.05. The Morgan fingerprint density at radius 1 is 1.45 bits per heavy atom. The van der Waals surface area contributed by atoms with E-state index >= 15 is 0 Å². The van der Waals surface area contributed by atoms with Crippen LogP contribution in [0.15, 0.2) is 30.3 Å². The van der Waals surface area contributed by atoms with Gasteiger partial charge < -0.3 is 10.0 Å². The highest BCUT2D eigenvalue weighted by atomic mass is 16.4. The number of nitrogens with zero attached hydrogens (tertiary/aromatic N) is 1. The molecule has 20 heavy (non-hydrogen) atoms. The standard InChI is InChI=1S/C16H19NO3/c1-11-8-14(11)10-17(2)16(20)13-5-3-4-12(9-13)6-7-15(18)19/h3-7,9,11,14H,8,10H2,1-2H3,(H,18,19). The van der Waals surface area contributed by atoms with E-state index in [9.17, 15) is 9.59 Å². The zero-order valence-corrected chi connectivity index (χ0v) is 11.7. The van der Waals surface area contributed by atoms with Gasteiger partial charge in [-0.05, 0) is 42.0 Å². The van der Waals surface area contributed by atoms with Gasteiger partial charge in [0.2, 0.25) is 0 Å². The number of aliphatic carboxylic acids is 1. The van der Waals surface area contributed by atoms with Crippen molar-refractivity contribution in [2.24, 2.45) is 11.8 Å². The van der Waals surface area contributed by atoms with E-state index in [1.807, 2.05) is 7.05 Å². The molecule has 1 N–H and O–H groups in total. The van der Waals surface area contributed by atoms with Crippen molar-refractivity contribution in [1.82, 2.24) is 4.90 Å². The van der Waals surface area contributed by atoms with Gasteiger partial charge in [0.25, 0.3) is 5.91 Å². The first-order valence-corrected chi connectivity index (χ1v) is 6.74. The molecule has 2 atom stereocenters. The Kier molecular flexibility index (Phi) is 4.23. The lowest BCUT2D eigenvalue weighted by atomic mass is 10.1. The SMILES string of the molecule is CC1CC1CN(C)C(=O)c1cccc(C=CC(=O)O)c1. The molecule has 2 rings (SSSR count). The number of carboxylic acids is 1. The first kappa shape index (κ1) is 14.3. The molecule has 1 fully saturated rings. The van der Waals surface area contributed by atoms with Gasteiger partial charge in [0.15, 0.2) is 0 Å². The molecule has 1 amide bonds. The summed E-state index contributed by atoms with van der Waals surface area (Å²) in [4.78, 5) is 24.5. The number of carbonyl (C=O) groups is 2. The number of hydrogen-bond donors (Lipinski definition) is 1. The Morgan fingerprint density at radius 3 is 2.75 bits per heavy atom. The molecule has 0 aromatic heterocycles. The molecular weight excluding hydrogens is 254 g/mol. The Hall–Kier alpha value is -2.10. The van der Waals surface area contributed by atoms with Crippen LogP contribution in [0.5, 0.6) is 0 Å². The molecule has 0 radical (unpaired) electrons. The smallest absolute Gasteiger partial charge is 0.328 e. The molecule has 0 saturated heterocycles. The highest BCUT2D eigenvalue weighted by Crippen LogP contribution is 2.38. The quantitative estimate of drug-likeness (QED) is 0.839. The molecule has 0 aliphatic heterocycles. The lowest BCUT2D eigenvalue weighted by Crippen LogP contribution is -2.29. The Bertz CT molecular complexity index is 550. The molecule has 1 aliphatic rings. The topological polar surface area (TPSA) is 57.6 Å². The lowest BCUT2D eigenvalue weighted by molar-refractivity contribution is -0.131. The molecule has 4 heteroatoms. The van der Waals surface area contributed by atoms with Gasteiger partial charge in [-0.25, -0.2) is 4.79 Å². The van der Waals surface area contributed by atoms with Crippen LogP contribution in [-0.4, -0.2) is 35.5 Å². The zero-order valence-electron chi connectivity index (χ0n) is 11.7. The minimum atomic E-state index is -0.999. The third-order valence-electron chi connectivity index (χ3n) is 3.68. The summed E-state index contributed by atoms with van der Waals surface area (Å²) in [5, 5.41) is 8.61. The second-order valence-electron chi connectivity index (χ2n) is 5.46. The summed E-state index contributed by atoms with van der Waals surface area (Å²) < 4.78 is 0. The van der Waals surface area contributed by atoms with Gasteiger partial charge in [-0.2, -0.15) is 0 Å². The van der Waals surface area contributed by atoms with Crippen molar-refractivity contribution < 1.29 is 14.7 Å². The van der Waals surface area contributed by atoms with E-state index < -0.39 is 5.97 Å². The van der Waals surface area contributed by atoms with Crippen LogP contribution < -0.4 is 0 Å². The molecule has 1 aromatic rings. The van der Waals surface area contributed by atoms with Crippen molar-refractivity contribution >= 4 is 18.0 Å². The fraction of sp³-hybridized carbons (Fsp3) is 0.375. The summed E-state index contributed by atoms with van der Waals surface area (Å²) in [5.41, 5.74) is 1.31. The summed E-state index contributed by atoms with van der Waals surface area (Å²) in [7, 11) is 1.81. The van der Waals surface area contributed by atoms with E-state index in [2.05, 4.69) is 6.92 Å². The summed E-state index contributed by atoms with van der Waals surface area (Å²) in [6, 6.07) is 7.02. The zero-order chi connectivity index (χ0) is 14.7. The third-order valence-corrected chi connectivity index (χ3v) is 3.68. The minimum absolute atomic E-state index is 0.0188. The van der Waals surface area contributed by atoms with Crippen LogP contribution in [0.3, 0.4) is 0 Å². The van der Waals surface area contributed by atoms with Crippen LogP contribution in [0.4, 0.5) is 0 Å². The Morgan fingerprint density at radius 2 is 2.15 bits per heavy atom. The van der Waals surface area contributed by atoms with Crippen molar-refractivity contribution in [2.75, 3.05) is 13.6 Å². The molecule has 1 saturated carbocycles. The van der Waals surface area contributed by atoms with Crippen LogP contribution >= 0.6 is 0 Å². The van der Waals surface area contributed by atoms with Crippen LogP contribution in [0.1, 0.15) is 29.3 Å². The number of benzene rings is 1. The molecule has 0 bridgehead atoms. The molecular formula is C16H19NO3. The maximum Gasteiger partial charge on any atom is 0.328 e. The number of carboxylic acid groups (broad SMARTS) is 1. The van der Waals surface area contributed by atoms with Crippen molar-refractivity contribution in [3.8, 4) is 0 Å². The summed E-state index contributed by atoms with van der Waals surface area (Å²) in [5.74, 6) is 0.324. The molecule has 2 unspecified atom stereocenters. The van der Waals surface area contributed by atoms with E-state index in [0.717, 1.165) is 18.5 Å². The molecule has 1 aliphatic carbocycles. The predicted octanol–water partition coefficient (Wildman–Crippen LogP) is 2.51. The van der Waals surface area contributed by atoms with E-state index in [1.54, 1.807) is 29.2 Å². The van der Waals surface area contributed by atoms with Crippen LogP contribution in [0.25, 0.3) is 6.08 Å². The Labute approximate surface area is 118 Å². The fourth-order valence-corrected chi connectivity index (χ4v) is 2.25. The average Bonchev–Trinajstić information content (AvgIpc) is 3.11. The second-order valence-corrected chi connectivity index (χ2v) is 5.46. The van der Waals surface area contributed by atoms with Gasteiger partial charge in [0.05, 0.1) is 0 Å². The van der Waals surface area contributed by atoms with Gasteiger partial charge in [-0.3, -0.25) is 4.79 Å². The van der Waals surface area contributed by atoms with E-state index in [0.29, 0.717) is 17.0 Å². The lowest BCUT2D eigenvalue weighted by Gasteiger charge is -2.17. The maximum absolute atomic E-state index is 12.3. The normalized spacial score (nSPS) is 20.9. The first-order chi connectivity index (χ1) is 9.47. The minimum Gasteiger partial charge on any atom is -0.478 e. The largest absolute Gasteiger partial charge is 0.478 e. The van der Waals surface area contributed by atoms with Gasteiger partial charge in [0, 0.05) is 25.2 Å². The highest BCUT2D eigenvalue weighted by Gasteiger charge is 2.34. The van der Waals surface area contributed by atoms with Crippen LogP contribution in [0, 0.1) is 11.8 Å². The van der Waals surface area contributed by atoms with Crippen molar-refractivity contribution in [1.29, 1.82) is 0 Å². The van der Waals surface area contributed by atoms with Gasteiger partial charge in [-0.1, -0.05) is 19.1 Å². The van der Waals surface area contributed by atoms with E-state index in [4.69, 9.17) is 5.11 Å². The molecule has 106 valence electrons. The second kappa shape index (κ2) is 5.90. The number of hydrogen-bond acceptors (Lipinski definition) is 2. The van der Waals surface area contributed by atoms with Crippen molar-refractivity contribution in [2.45, 2.75) is 13.3 Å². The maximum atomic E-state index is 12.3. The highest BCUT2D eigenvalue weighted by molar-refractivity contribution is 5.95.